The van der Waals surface area contributed by atoms with Crippen LogP contribution in [-0.4, -0.2) is 33.4 Å². The van der Waals surface area contributed by atoms with Crippen LogP contribution in [0, 0.1) is 11.3 Å². The van der Waals surface area contributed by atoms with E-state index in [1.165, 1.54) is 12.5 Å². The van der Waals surface area contributed by atoms with Crippen LogP contribution in [0.2, 0.25) is 0 Å². The predicted molar refractivity (Wildman–Crippen MR) is 120 cm³/mol. The Kier molecular flexibility index (Phi) is 6.93. The summed E-state index contributed by atoms with van der Waals surface area (Å²) < 4.78 is 36.3. The van der Waals surface area contributed by atoms with Gasteiger partial charge in [-0.1, -0.05) is 25.5 Å². The number of methoxy groups -OCH3 is 1. The fourth-order valence-corrected chi connectivity index (χ4v) is 3.85. The lowest BCUT2D eigenvalue weighted by Crippen LogP contribution is -2.04. The molecule has 0 aliphatic carbocycles. The molecule has 0 N–H and O–H groups in total. The number of pyridine rings is 1. The predicted octanol–water partition coefficient (Wildman–Crippen LogP) is 4.88. The van der Waals surface area contributed by atoms with Gasteiger partial charge in [0.05, 0.1) is 24.2 Å². The third kappa shape index (κ3) is 5.22. The highest BCUT2D eigenvalue weighted by molar-refractivity contribution is 7.90. The summed E-state index contributed by atoms with van der Waals surface area (Å²) in [5.74, 6) is 1.08. The van der Waals surface area contributed by atoms with Crippen molar-refractivity contribution in [2.45, 2.75) is 24.7 Å². The van der Waals surface area contributed by atoms with Gasteiger partial charge in [0.15, 0.2) is 9.84 Å². The first-order valence-corrected chi connectivity index (χ1v) is 11.8. The fourth-order valence-electron chi connectivity index (χ4n) is 3.20. The topological polar surface area (TPSA) is 89.3 Å². The van der Waals surface area contributed by atoms with Crippen LogP contribution in [0.4, 0.5) is 0 Å². The van der Waals surface area contributed by atoms with Crippen LogP contribution < -0.4 is 9.47 Å². The molecule has 6 nitrogen and oxygen atoms in total. The lowest BCUT2D eigenvalue weighted by atomic mass is 9.93. The maximum absolute atomic E-state index is 12.4. The number of ether oxygens (including phenoxy) is 2. The number of hydrogen-bond acceptors (Lipinski definition) is 6. The summed E-state index contributed by atoms with van der Waals surface area (Å²) in [7, 11) is -1.92. The van der Waals surface area contributed by atoms with E-state index in [0.717, 1.165) is 18.4 Å². The van der Waals surface area contributed by atoms with E-state index in [0.29, 0.717) is 40.4 Å². The number of rotatable bonds is 8. The molecular weight excluding hydrogens is 412 g/mol. The molecule has 0 radical (unpaired) electrons. The van der Waals surface area contributed by atoms with Crippen molar-refractivity contribution in [1.82, 2.24) is 4.98 Å². The lowest BCUT2D eigenvalue weighted by Gasteiger charge is -2.18. The summed E-state index contributed by atoms with van der Waals surface area (Å²) >= 11 is 0. The molecule has 0 fully saturated rings. The highest BCUT2D eigenvalue weighted by atomic mass is 32.2. The first-order valence-electron chi connectivity index (χ1n) is 9.88. The van der Waals surface area contributed by atoms with Crippen LogP contribution in [0.3, 0.4) is 0 Å². The monoisotopic (exact) mass is 436 g/mol. The molecular formula is C24H24N2O4S. The Morgan fingerprint density at radius 1 is 1.10 bits per heavy atom. The molecule has 0 atom stereocenters. The highest BCUT2D eigenvalue weighted by Crippen LogP contribution is 2.42. The smallest absolute Gasteiger partial charge is 0.175 e. The number of aromatic nitrogens is 1. The third-order valence-electron chi connectivity index (χ3n) is 4.80. The van der Waals surface area contributed by atoms with E-state index in [-0.39, 0.29) is 4.90 Å². The normalized spacial score (nSPS) is 11.0. The second kappa shape index (κ2) is 9.63. The molecule has 160 valence electrons. The summed E-state index contributed by atoms with van der Waals surface area (Å²) in [6.07, 6.45) is 6.07. The number of hydrogen-bond donors (Lipinski definition) is 0. The van der Waals surface area contributed by atoms with Crippen molar-refractivity contribution in [3.05, 3.63) is 60.4 Å². The first kappa shape index (κ1) is 22.3. The van der Waals surface area contributed by atoms with E-state index in [1.807, 2.05) is 24.3 Å². The number of unbranched alkanes of at least 4 members (excludes halogenated alkanes) is 1. The molecule has 0 amide bonds. The van der Waals surface area contributed by atoms with Gasteiger partial charge in [0.25, 0.3) is 0 Å². The number of benzene rings is 2. The zero-order valence-corrected chi connectivity index (χ0v) is 18.6. The average molecular weight is 437 g/mol. The molecule has 7 heteroatoms. The molecule has 0 aliphatic heterocycles. The summed E-state index contributed by atoms with van der Waals surface area (Å²) in [5.41, 5.74) is 3.18. The van der Waals surface area contributed by atoms with Crippen molar-refractivity contribution in [2.75, 3.05) is 20.0 Å². The van der Waals surface area contributed by atoms with Gasteiger partial charge in [0.1, 0.15) is 17.6 Å². The lowest BCUT2D eigenvalue weighted by molar-refractivity contribution is 0.310. The largest absolute Gasteiger partial charge is 0.497 e. The molecule has 1 aromatic heterocycles. The number of nitrogens with zero attached hydrogens (tertiary/aromatic N) is 2. The van der Waals surface area contributed by atoms with Gasteiger partial charge in [-0.2, -0.15) is 5.26 Å². The molecule has 2 aromatic carbocycles. The van der Waals surface area contributed by atoms with E-state index >= 15 is 0 Å². The Hall–Kier alpha value is -3.37. The van der Waals surface area contributed by atoms with Gasteiger partial charge in [0, 0.05) is 29.8 Å². The summed E-state index contributed by atoms with van der Waals surface area (Å²) in [4.78, 5) is 4.35. The van der Waals surface area contributed by atoms with E-state index < -0.39 is 9.84 Å². The van der Waals surface area contributed by atoms with Gasteiger partial charge in [-0.3, -0.25) is 4.98 Å². The summed E-state index contributed by atoms with van der Waals surface area (Å²) in [6.45, 7) is 2.50. The molecule has 0 spiro atoms. The number of nitriles is 1. The van der Waals surface area contributed by atoms with Crippen molar-refractivity contribution in [1.29, 1.82) is 5.26 Å². The highest BCUT2D eigenvalue weighted by Gasteiger charge is 2.20. The quantitative estimate of drug-likeness (QED) is 0.468. The third-order valence-corrected chi connectivity index (χ3v) is 5.89. The van der Waals surface area contributed by atoms with Crippen molar-refractivity contribution >= 4 is 9.84 Å². The second-order valence-corrected chi connectivity index (χ2v) is 9.14. The fraction of sp³-hybridized carbons (Fsp3) is 0.250. The molecule has 1 heterocycles. The Labute approximate surface area is 183 Å². The molecule has 0 unspecified atom stereocenters. The van der Waals surface area contributed by atoms with Gasteiger partial charge in [0.2, 0.25) is 0 Å². The van der Waals surface area contributed by atoms with Gasteiger partial charge < -0.3 is 9.47 Å². The van der Waals surface area contributed by atoms with Crippen LogP contribution in [0.1, 0.15) is 25.3 Å². The van der Waals surface area contributed by atoms with E-state index in [4.69, 9.17) is 9.47 Å². The number of sulfone groups is 1. The van der Waals surface area contributed by atoms with Crippen LogP contribution in [0.5, 0.6) is 11.5 Å². The van der Waals surface area contributed by atoms with Gasteiger partial charge in [-0.15, -0.1) is 0 Å². The van der Waals surface area contributed by atoms with E-state index in [1.54, 1.807) is 31.5 Å². The molecule has 0 saturated heterocycles. The van der Waals surface area contributed by atoms with Crippen LogP contribution in [0.25, 0.3) is 22.3 Å². The van der Waals surface area contributed by atoms with Gasteiger partial charge in [-0.25, -0.2) is 8.42 Å². The van der Waals surface area contributed by atoms with Gasteiger partial charge >= 0.3 is 0 Å². The minimum Gasteiger partial charge on any atom is -0.497 e. The van der Waals surface area contributed by atoms with E-state index in [2.05, 4.69) is 18.0 Å². The first-order chi connectivity index (χ1) is 14.9. The molecule has 0 bridgehead atoms. The molecule has 3 aromatic rings. The van der Waals surface area contributed by atoms with Crippen molar-refractivity contribution < 1.29 is 17.9 Å². The van der Waals surface area contributed by atoms with Crippen molar-refractivity contribution in [2.24, 2.45) is 0 Å². The summed E-state index contributed by atoms with van der Waals surface area (Å²) in [6, 6.07) is 14.4. The standard InChI is InChI=1S/C24H24N2O4S/c1-4-5-9-30-23-13-21(31(3,27)28)12-22(18-7-6-8-20(11-18)29-2)24(23)19-10-17(14-25)15-26-16-19/h6-8,10-13,15-16H,4-5,9H2,1-3H3. The zero-order valence-electron chi connectivity index (χ0n) is 17.8. The zero-order chi connectivity index (χ0) is 22.4. The van der Waals surface area contributed by atoms with Gasteiger partial charge in [-0.05, 0) is 47.9 Å². The molecule has 31 heavy (non-hydrogen) atoms. The maximum atomic E-state index is 12.4. The van der Waals surface area contributed by atoms with Crippen LogP contribution in [-0.2, 0) is 9.84 Å². The molecule has 0 saturated carbocycles. The average Bonchev–Trinajstić information content (AvgIpc) is 2.78. The Balaban J connectivity index is 2.36. The minimum absolute atomic E-state index is 0.157. The second-order valence-electron chi connectivity index (χ2n) is 7.12. The van der Waals surface area contributed by atoms with Crippen molar-refractivity contribution in [3.63, 3.8) is 0 Å². The van der Waals surface area contributed by atoms with Crippen LogP contribution in [0.15, 0.2) is 59.8 Å². The van der Waals surface area contributed by atoms with Crippen LogP contribution >= 0.6 is 0 Å². The SMILES string of the molecule is CCCCOc1cc(S(C)(=O)=O)cc(-c2cccc(OC)c2)c1-c1cncc(C#N)c1. The Bertz CT molecular complexity index is 1230. The van der Waals surface area contributed by atoms with Crippen molar-refractivity contribution in [3.8, 4) is 39.8 Å². The Morgan fingerprint density at radius 3 is 2.58 bits per heavy atom. The van der Waals surface area contributed by atoms with E-state index in [9.17, 15) is 13.7 Å². The molecule has 0 aliphatic rings. The maximum Gasteiger partial charge on any atom is 0.175 e. The molecule has 3 rings (SSSR count). The Morgan fingerprint density at radius 2 is 1.90 bits per heavy atom. The minimum atomic E-state index is -3.49. The summed E-state index contributed by atoms with van der Waals surface area (Å²) in [5, 5.41) is 9.34.